The van der Waals surface area contributed by atoms with Crippen LogP contribution in [0.2, 0.25) is 0 Å². The van der Waals surface area contributed by atoms with E-state index in [1.165, 1.54) is 24.8 Å². The number of nitrogens with two attached hydrogens (primary N) is 2. The van der Waals surface area contributed by atoms with Gasteiger partial charge < -0.3 is 10.7 Å². The Hall–Kier alpha value is -0.960. The third-order valence-corrected chi connectivity index (χ3v) is 4.40. The summed E-state index contributed by atoms with van der Waals surface area (Å²) in [6, 6.07) is 0. The van der Waals surface area contributed by atoms with Gasteiger partial charge in [0.15, 0.2) is 0 Å². The van der Waals surface area contributed by atoms with Gasteiger partial charge in [0.2, 0.25) is 0 Å². The van der Waals surface area contributed by atoms with Crippen LogP contribution in [0.4, 0.5) is 0 Å². The van der Waals surface area contributed by atoms with Gasteiger partial charge in [-0.3, -0.25) is 0 Å². The molecular weight excluding hydrogens is 234 g/mol. The molecule has 0 aromatic heterocycles. The van der Waals surface area contributed by atoms with Crippen LogP contribution in [-0.2, 0) is 0 Å². The number of rotatable bonds is 3. The number of hydrogen-bond acceptors (Lipinski definition) is 3. The first-order chi connectivity index (χ1) is 8.99. The standard InChI is InChI=1S/C10H19N3.C6H12/c1-13(12)10-5-3-8-6-7(8)2-4-9(10)11;1-4-6(3)5-2/h7-8H,2-6,11-12H2,1H3;3-5H2,1-2H3/b10-9-;. The SMILES string of the molecule is C=C(CC)CC.CN(N)/C1=C(\N)CCC2CC2CC1. The highest BCUT2D eigenvalue weighted by Crippen LogP contribution is 2.47. The Kier molecular flexibility index (Phi) is 6.43. The summed E-state index contributed by atoms with van der Waals surface area (Å²) < 4.78 is 0. The van der Waals surface area contributed by atoms with Crippen LogP contribution in [-0.4, -0.2) is 12.1 Å². The lowest BCUT2D eigenvalue weighted by Crippen LogP contribution is -2.28. The fourth-order valence-electron chi connectivity index (χ4n) is 2.64. The summed E-state index contributed by atoms with van der Waals surface area (Å²) in [4.78, 5) is 0. The van der Waals surface area contributed by atoms with Crippen molar-refractivity contribution in [2.75, 3.05) is 7.05 Å². The van der Waals surface area contributed by atoms with E-state index in [-0.39, 0.29) is 0 Å². The lowest BCUT2D eigenvalue weighted by Gasteiger charge is -2.21. The average molecular weight is 265 g/mol. The summed E-state index contributed by atoms with van der Waals surface area (Å²) in [5.74, 6) is 7.68. The largest absolute Gasteiger partial charge is 0.401 e. The molecule has 0 aliphatic heterocycles. The summed E-state index contributed by atoms with van der Waals surface area (Å²) >= 11 is 0. The van der Waals surface area contributed by atoms with Gasteiger partial charge >= 0.3 is 0 Å². The van der Waals surface area contributed by atoms with Crippen LogP contribution in [0.15, 0.2) is 23.5 Å². The zero-order valence-corrected chi connectivity index (χ0v) is 12.9. The summed E-state index contributed by atoms with van der Waals surface area (Å²) in [7, 11) is 1.88. The summed E-state index contributed by atoms with van der Waals surface area (Å²) in [5.41, 5.74) is 9.50. The van der Waals surface area contributed by atoms with Crippen molar-refractivity contribution in [2.45, 2.75) is 58.8 Å². The van der Waals surface area contributed by atoms with E-state index in [2.05, 4.69) is 20.4 Å². The van der Waals surface area contributed by atoms with E-state index >= 15 is 0 Å². The predicted octanol–water partition coefficient (Wildman–Crippen LogP) is 3.53. The van der Waals surface area contributed by atoms with Crippen molar-refractivity contribution in [3.63, 3.8) is 0 Å². The molecule has 0 aromatic rings. The van der Waals surface area contributed by atoms with Gasteiger partial charge in [-0.1, -0.05) is 26.0 Å². The van der Waals surface area contributed by atoms with Gasteiger partial charge in [0.25, 0.3) is 0 Å². The van der Waals surface area contributed by atoms with E-state index in [4.69, 9.17) is 11.6 Å². The lowest BCUT2D eigenvalue weighted by molar-refractivity contribution is 0.394. The second-order valence-electron chi connectivity index (χ2n) is 5.87. The molecule has 0 bridgehead atoms. The van der Waals surface area contributed by atoms with E-state index < -0.39 is 0 Å². The fourth-order valence-corrected chi connectivity index (χ4v) is 2.64. The summed E-state index contributed by atoms with van der Waals surface area (Å²) in [5, 5.41) is 1.69. The zero-order valence-electron chi connectivity index (χ0n) is 12.9. The van der Waals surface area contributed by atoms with Gasteiger partial charge in [0, 0.05) is 18.4 Å². The van der Waals surface area contributed by atoms with Crippen LogP contribution in [0.3, 0.4) is 0 Å². The Balaban J connectivity index is 0.000000258. The van der Waals surface area contributed by atoms with Crippen LogP contribution in [0, 0.1) is 11.8 Å². The molecule has 110 valence electrons. The molecular formula is C16H31N3. The number of allylic oxidation sites excluding steroid dienone is 3. The first-order valence-corrected chi connectivity index (χ1v) is 7.62. The third kappa shape index (κ3) is 5.27. The highest BCUT2D eigenvalue weighted by atomic mass is 15.4. The number of fused-ring (bicyclic) bond motifs is 1. The second-order valence-corrected chi connectivity index (χ2v) is 5.87. The maximum absolute atomic E-state index is 5.99. The molecule has 1 fully saturated rings. The number of hydrazine groups is 1. The Morgan fingerprint density at radius 1 is 1.21 bits per heavy atom. The van der Waals surface area contributed by atoms with Crippen LogP contribution in [0.5, 0.6) is 0 Å². The Morgan fingerprint density at radius 3 is 2.16 bits per heavy atom. The summed E-state index contributed by atoms with van der Waals surface area (Å²) in [6.45, 7) is 8.05. The van der Waals surface area contributed by atoms with Gasteiger partial charge in [-0.2, -0.15) is 0 Å². The molecule has 2 aliphatic carbocycles. The molecule has 0 radical (unpaired) electrons. The van der Waals surface area contributed by atoms with Gasteiger partial charge in [-0.05, 0) is 56.8 Å². The summed E-state index contributed by atoms with van der Waals surface area (Å²) in [6.07, 6.45) is 8.36. The molecule has 3 heteroatoms. The molecule has 2 rings (SSSR count). The molecule has 4 N–H and O–H groups in total. The van der Waals surface area contributed by atoms with Crippen LogP contribution >= 0.6 is 0 Å². The molecule has 0 spiro atoms. The minimum Gasteiger partial charge on any atom is -0.401 e. The lowest BCUT2D eigenvalue weighted by atomic mass is 10.0. The van der Waals surface area contributed by atoms with Gasteiger partial charge in [-0.25, -0.2) is 5.84 Å². The van der Waals surface area contributed by atoms with E-state index in [1.54, 1.807) is 5.01 Å². The van der Waals surface area contributed by atoms with Crippen molar-refractivity contribution in [1.29, 1.82) is 0 Å². The molecule has 2 aliphatic rings. The number of hydrogen-bond donors (Lipinski definition) is 2. The first kappa shape index (κ1) is 16.1. The quantitative estimate of drug-likeness (QED) is 0.466. The Morgan fingerprint density at radius 2 is 1.74 bits per heavy atom. The molecule has 0 heterocycles. The van der Waals surface area contributed by atoms with Gasteiger partial charge in [0.1, 0.15) is 0 Å². The second kappa shape index (κ2) is 7.59. The maximum Gasteiger partial charge on any atom is 0.0475 e. The van der Waals surface area contributed by atoms with Crippen molar-refractivity contribution < 1.29 is 0 Å². The molecule has 0 saturated heterocycles. The molecule has 2 atom stereocenters. The normalized spacial score (nSPS) is 29.3. The Bertz CT molecular complexity index is 325. The van der Waals surface area contributed by atoms with Crippen LogP contribution in [0.1, 0.15) is 58.8 Å². The van der Waals surface area contributed by atoms with E-state index in [1.807, 2.05) is 7.05 Å². The molecule has 0 aromatic carbocycles. The topological polar surface area (TPSA) is 55.3 Å². The molecule has 19 heavy (non-hydrogen) atoms. The average Bonchev–Trinajstić information content (AvgIpc) is 3.11. The fraction of sp³-hybridized carbons (Fsp3) is 0.750. The smallest absolute Gasteiger partial charge is 0.0475 e. The monoisotopic (exact) mass is 265 g/mol. The van der Waals surface area contributed by atoms with Crippen molar-refractivity contribution in [1.82, 2.24) is 5.01 Å². The highest BCUT2D eigenvalue weighted by Gasteiger charge is 2.37. The van der Waals surface area contributed by atoms with Crippen molar-refractivity contribution >= 4 is 0 Å². The minimum absolute atomic E-state index is 0.975. The minimum atomic E-state index is 0.975. The van der Waals surface area contributed by atoms with E-state index in [0.29, 0.717) is 0 Å². The molecule has 2 unspecified atom stereocenters. The molecule has 0 amide bonds. The predicted molar refractivity (Wildman–Crippen MR) is 83.0 cm³/mol. The van der Waals surface area contributed by atoms with Crippen LogP contribution in [0.25, 0.3) is 0 Å². The van der Waals surface area contributed by atoms with E-state index in [9.17, 15) is 0 Å². The maximum atomic E-state index is 5.99. The van der Waals surface area contributed by atoms with Crippen LogP contribution < -0.4 is 11.6 Å². The zero-order chi connectivity index (χ0) is 14.4. The third-order valence-electron chi connectivity index (χ3n) is 4.40. The number of nitrogens with zero attached hydrogens (tertiary/aromatic N) is 1. The van der Waals surface area contributed by atoms with E-state index in [0.717, 1.165) is 48.9 Å². The van der Waals surface area contributed by atoms with Crippen molar-refractivity contribution in [2.24, 2.45) is 23.4 Å². The van der Waals surface area contributed by atoms with Crippen molar-refractivity contribution in [3.05, 3.63) is 23.5 Å². The Labute approximate surface area is 118 Å². The molecule has 3 nitrogen and oxygen atoms in total. The van der Waals surface area contributed by atoms with Crippen molar-refractivity contribution in [3.8, 4) is 0 Å². The van der Waals surface area contributed by atoms with Gasteiger partial charge in [-0.15, -0.1) is 0 Å². The van der Waals surface area contributed by atoms with Gasteiger partial charge in [0.05, 0.1) is 0 Å². The molecule has 1 saturated carbocycles. The first-order valence-electron chi connectivity index (χ1n) is 7.62. The highest BCUT2D eigenvalue weighted by molar-refractivity contribution is 5.12.